The van der Waals surface area contributed by atoms with Crippen LogP contribution in [0.5, 0.6) is 0 Å². The van der Waals surface area contributed by atoms with Crippen molar-refractivity contribution in [1.82, 2.24) is 0 Å². The predicted molar refractivity (Wildman–Crippen MR) is 58.1 cm³/mol. The standard InChI is InChI=1S/C13H14O/c1-4-5-12-6-7-13(9-11(3)14)10(2)8-12/h6-8H,9H2,1-3H3. The van der Waals surface area contributed by atoms with Gasteiger partial charge in [-0.05, 0) is 44.0 Å². The normalized spacial score (nSPS) is 9.07. The van der Waals surface area contributed by atoms with Crippen LogP contribution in [-0.2, 0) is 11.2 Å². The van der Waals surface area contributed by atoms with Crippen LogP contribution in [0, 0.1) is 18.8 Å². The lowest BCUT2D eigenvalue weighted by Crippen LogP contribution is -1.98. The second-order valence-electron chi connectivity index (χ2n) is 3.40. The number of ketones is 1. The fourth-order valence-electron chi connectivity index (χ4n) is 1.38. The Balaban J connectivity index is 2.99. The zero-order chi connectivity index (χ0) is 10.6. The highest BCUT2D eigenvalue weighted by Gasteiger charge is 2.01. The summed E-state index contributed by atoms with van der Waals surface area (Å²) in [5.74, 6) is 6.05. The monoisotopic (exact) mass is 186 g/mol. The summed E-state index contributed by atoms with van der Waals surface area (Å²) in [5, 5.41) is 0. The van der Waals surface area contributed by atoms with E-state index in [1.807, 2.05) is 32.0 Å². The second-order valence-corrected chi connectivity index (χ2v) is 3.40. The second kappa shape index (κ2) is 4.62. The smallest absolute Gasteiger partial charge is 0.134 e. The number of Topliss-reactive ketones (excluding diaryl/α,β-unsaturated/α-hetero) is 1. The average Bonchev–Trinajstić information content (AvgIpc) is 2.10. The van der Waals surface area contributed by atoms with Gasteiger partial charge < -0.3 is 0 Å². The number of rotatable bonds is 2. The molecule has 0 fully saturated rings. The van der Waals surface area contributed by atoms with Gasteiger partial charge >= 0.3 is 0 Å². The van der Waals surface area contributed by atoms with Crippen LogP contribution in [0.3, 0.4) is 0 Å². The summed E-state index contributed by atoms with van der Waals surface area (Å²) >= 11 is 0. The van der Waals surface area contributed by atoms with E-state index in [-0.39, 0.29) is 5.78 Å². The molecule has 0 saturated heterocycles. The molecule has 0 saturated carbocycles. The first kappa shape index (κ1) is 10.5. The molecule has 1 nitrogen and oxygen atoms in total. The molecule has 1 aromatic carbocycles. The summed E-state index contributed by atoms with van der Waals surface area (Å²) in [6.45, 7) is 5.44. The molecule has 14 heavy (non-hydrogen) atoms. The van der Waals surface area contributed by atoms with Crippen LogP contribution in [0.2, 0.25) is 0 Å². The predicted octanol–water partition coefficient (Wildman–Crippen LogP) is 2.50. The first-order valence-corrected chi connectivity index (χ1v) is 4.65. The molecule has 0 spiro atoms. The van der Waals surface area contributed by atoms with Crippen LogP contribution in [0.1, 0.15) is 30.5 Å². The van der Waals surface area contributed by atoms with Gasteiger partial charge in [-0.1, -0.05) is 12.0 Å². The molecule has 0 aliphatic rings. The van der Waals surface area contributed by atoms with Crippen molar-refractivity contribution in [3.8, 4) is 11.8 Å². The lowest BCUT2D eigenvalue weighted by Gasteiger charge is -2.03. The Labute approximate surface area is 85.1 Å². The number of carbonyl (C=O) groups excluding carboxylic acids is 1. The van der Waals surface area contributed by atoms with Gasteiger partial charge in [-0.15, -0.1) is 5.92 Å². The summed E-state index contributed by atoms with van der Waals surface area (Å²) in [5.41, 5.74) is 3.25. The third kappa shape index (κ3) is 2.74. The zero-order valence-electron chi connectivity index (χ0n) is 8.85. The minimum atomic E-state index is 0.197. The average molecular weight is 186 g/mol. The molecule has 0 aliphatic heterocycles. The zero-order valence-corrected chi connectivity index (χ0v) is 8.85. The van der Waals surface area contributed by atoms with Crippen molar-refractivity contribution >= 4 is 5.78 Å². The van der Waals surface area contributed by atoms with E-state index in [1.54, 1.807) is 6.92 Å². The van der Waals surface area contributed by atoms with E-state index in [2.05, 4.69) is 11.8 Å². The molecule has 0 bridgehead atoms. The Hall–Kier alpha value is -1.55. The Morgan fingerprint density at radius 3 is 2.64 bits per heavy atom. The Kier molecular flexibility index (Phi) is 3.48. The van der Waals surface area contributed by atoms with E-state index in [4.69, 9.17) is 0 Å². The van der Waals surface area contributed by atoms with Crippen molar-refractivity contribution in [2.24, 2.45) is 0 Å². The van der Waals surface area contributed by atoms with Crippen molar-refractivity contribution in [2.75, 3.05) is 0 Å². The molecule has 0 heterocycles. The van der Waals surface area contributed by atoms with Gasteiger partial charge in [0.15, 0.2) is 0 Å². The van der Waals surface area contributed by atoms with Gasteiger partial charge in [0, 0.05) is 12.0 Å². The number of carbonyl (C=O) groups is 1. The minimum absolute atomic E-state index is 0.197. The summed E-state index contributed by atoms with van der Waals surface area (Å²) < 4.78 is 0. The van der Waals surface area contributed by atoms with Crippen molar-refractivity contribution in [1.29, 1.82) is 0 Å². The molecular formula is C13H14O. The molecule has 0 unspecified atom stereocenters. The molecule has 0 amide bonds. The van der Waals surface area contributed by atoms with Crippen LogP contribution >= 0.6 is 0 Å². The van der Waals surface area contributed by atoms with E-state index in [0.29, 0.717) is 6.42 Å². The van der Waals surface area contributed by atoms with Crippen molar-refractivity contribution in [3.63, 3.8) is 0 Å². The third-order valence-corrected chi connectivity index (χ3v) is 2.05. The molecule has 72 valence electrons. The largest absolute Gasteiger partial charge is 0.300 e. The SMILES string of the molecule is CC#Cc1ccc(CC(C)=O)c(C)c1. The van der Waals surface area contributed by atoms with Crippen LogP contribution in [0.15, 0.2) is 18.2 Å². The molecule has 0 radical (unpaired) electrons. The fraction of sp³-hybridized carbons (Fsp3) is 0.308. The number of hydrogen-bond acceptors (Lipinski definition) is 1. The van der Waals surface area contributed by atoms with Gasteiger partial charge in [-0.3, -0.25) is 4.79 Å². The van der Waals surface area contributed by atoms with E-state index in [0.717, 1.165) is 16.7 Å². The fourth-order valence-corrected chi connectivity index (χ4v) is 1.38. The van der Waals surface area contributed by atoms with E-state index in [1.165, 1.54) is 0 Å². The molecule has 1 heteroatoms. The van der Waals surface area contributed by atoms with Gasteiger partial charge in [0.05, 0.1) is 0 Å². The van der Waals surface area contributed by atoms with Gasteiger partial charge in [0.25, 0.3) is 0 Å². The van der Waals surface area contributed by atoms with E-state index in [9.17, 15) is 4.79 Å². The number of benzene rings is 1. The maximum Gasteiger partial charge on any atom is 0.134 e. The summed E-state index contributed by atoms with van der Waals surface area (Å²) in [4.78, 5) is 10.9. The first-order chi connectivity index (χ1) is 6.63. The molecule has 1 rings (SSSR count). The van der Waals surface area contributed by atoms with E-state index < -0.39 is 0 Å². The highest BCUT2D eigenvalue weighted by molar-refractivity contribution is 5.78. The summed E-state index contributed by atoms with van der Waals surface area (Å²) in [6.07, 6.45) is 0.520. The van der Waals surface area contributed by atoms with Crippen LogP contribution in [0.4, 0.5) is 0 Å². The Morgan fingerprint density at radius 1 is 1.43 bits per heavy atom. The van der Waals surface area contributed by atoms with Gasteiger partial charge in [-0.2, -0.15) is 0 Å². The highest BCUT2D eigenvalue weighted by Crippen LogP contribution is 2.11. The summed E-state index contributed by atoms with van der Waals surface area (Å²) in [6, 6.07) is 5.97. The quantitative estimate of drug-likeness (QED) is 0.648. The maximum absolute atomic E-state index is 10.9. The lowest BCUT2D eigenvalue weighted by molar-refractivity contribution is -0.116. The van der Waals surface area contributed by atoms with Crippen molar-refractivity contribution in [2.45, 2.75) is 27.2 Å². The maximum atomic E-state index is 10.9. The Morgan fingerprint density at radius 2 is 2.14 bits per heavy atom. The van der Waals surface area contributed by atoms with Crippen molar-refractivity contribution in [3.05, 3.63) is 34.9 Å². The van der Waals surface area contributed by atoms with Gasteiger partial charge in [0.1, 0.15) is 5.78 Å². The third-order valence-electron chi connectivity index (χ3n) is 2.05. The molecule has 0 atom stereocenters. The first-order valence-electron chi connectivity index (χ1n) is 4.65. The van der Waals surface area contributed by atoms with Gasteiger partial charge in [0.2, 0.25) is 0 Å². The summed E-state index contributed by atoms with van der Waals surface area (Å²) in [7, 11) is 0. The topological polar surface area (TPSA) is 17.1 Å². The van der Waals surface area contributed by atoms with Crippen LogP contribution in [-0.4, -0.2) is 5.78 Å². The minimum Gasteiger partial charge on any atom is -0.300 e. The van der Waals surface area contributed by atoms with E-state index >= 15 is 0 Å². The molecule has 0 N–H and O–H groups in total. The van der Waals surface area contributed by atoms with Crippen molar-refractivity contribution < 1.29 is 4.79 Å². The lowest BCUT2D eigenvalue weighted by atomic mass is 10.0. The van der Waals surface area contributed by atoms with Gasteiger partial charge in [-0.25, -0.2) is 0 Å². The molecule has 0 aromatic heterocycles. The molecule has 1 aromatic rings. The number of hydrogen-bond donors (Lipinski definition) is 0. The Bertz CT molecular complexity index is 405. The van der Waals surface area contributed by atoms with Crippen LogP contribution < -0.4 is 0 Å². The highest BCUT2D eigenvalue weighted by atomic mass is 16.1. The van der Waals surface area contributed by atoms with Crippen LogP contribution in [0.25, 0.3) is 0 Å². The molecule has 0 aliphatic carbocycles. The molecular weight excluding hydrogens is 172 g/mol. The number of aryl methyl sites for hydroxylation is 1.